The smallest absolute Gasteiger partial charge is 0.0715 e. The first-order valence-electron chi connectivity index (χ1n) is 4.69. The summed E-state index contributed by atoms with van der Waals surface area (Å²) in [5, 5.41) is 9.48. The molecule has 1 aliphatic rings. The van der Waals surface area contributed by atoms with Crippen molar-refractivity contribution in [1.29, 1.82) is 0 Å². The second-order valence-corrected chi connectivity index (χ2v) is 3.45. The van der Waals surface area contributed by atoms with Gasteiger partial charge < -0.3 is 10.0 Å². The first kappa shape index (κ1) is 8.51. The van der Waals surface area contributed by atoms with Gasteiger partial charge in [-0.1, -0.05) is 0 Å². The first-order valence-corrected chi connectivity index (χ1v) is 4.69. The molecule has 0 spiro atoms. The highest BCUT2D eigenvalue weighted by Gasteiger charge is 2.17. The molecule has 3 heteroatoms. The number of aromatic nitrogens is 1. The van der Waals surface area contributed by atoms with Gasteiger partial charge in [0.1, 0.15) is 0 Å². The maximum absolute atomic E-state index is 9.48. The summed E-state index contributed by atoms with van der Waals surface area (Å²) in [6.07, 6.45) is 5.43. The van der Waals surface area contributed by atoms with Crippen molar-refractivity contribution in [2.45, 2.75) is 18.9 Å². The molecule has 1 aromatic rings. The quantitative estimate of drug-likeness (QED) is 0.698. The molecule has 70 valence electrons. The van der Waals surface area contributed by atoms with E-state index in [4.69, 9.17) is 0 Å². The van der Waals surface area contributed by atoms with Crippen molar-refractivity contribution in [3.63, 3.8) is 0 Å². The molecule has 1 fully saturated rings. The highest BCUT2D eigenvalue weighted by molar-refractivity contribution is 5.44. The van der Waals surface area contributed by atoms with Crippen LogP contribution in [-0.4, -0.2) is 29.3 Å². The Morgan fingerprint density at radius 2 is 2.46 bits per heavy atom. The largest absolute Gasteiger partial charge is 0.391 e. The van der Waals surface area contributed by atoms with Gasteiger partial charge in [-0.05, 0) is 25.0 Å². The van der Waals surface area contributed by atoms with Crippen molar-refractivity contribution in [2.75, 3.05) is 18.0 Å². The van der Waals surface area contributed by atoms with Crippen molar-refractivity contribution in [1.82, 2.24) is 4.98 Å². The Balaban J connectivity index is 2.08. The molecule has 1 N–H and O–H groups in total. The Bertz CT molecular complexity index is 263. The zero-order chi connectivity index (χ0) is 9.10. The molecular formula is C10H14N2O. The Morgan fingerprint density at radius 1 is 1.54 bits per heavy atom. The van der Waals surface area contributed by atoms with E-state index in [1.807, 2.05) is 18.3 Å². The van der Waals surface area contributed by atoms with Gasteiger partial charge in [0.25, 0.3) is 0 Å². The number of aliphatic hydroxyl groups excluding tert-OH is 1. The summed E-state index contributed by atoms with van der Waals surface area (Å²) in [5.74, 6) is 0. The van der Waals surface area contributed by atoms with Gasteiger partial charge in [-0.15, -0.1) is 0 Å². The van der Waals surface area contributed by atoms with Crippen LogP contribution in [0.4, 0.5) is 5.69 Å². The van der Waals surface area contributed by atoms with Crippen LogP contribution in [0.5, 0.6) is 0 Å². The first-order chi connectivity index (χ1) is 6.36. The van der Waals surface area contributed by atoms with Crippen LogP contribution in [0.2, 0.25) is 0 Å². The molecule has 1 aromatic heterocycles. The average molecular weight is 178 g/mol. The zero-order valence-electron chi connectivity index (χ0n) is 7.56. The molecule has 0 aliphatic carbocycles. The number of nitrogens with zero attached hydrogens (tertiary/aromatic N) is 2. The van der Waals surface area contributed by atoms with E-state index < -0.39 is 0 Å². The van der Waals surface area contributed by atoms with E-state index >= 15 is 0 Å². The Hall–Kier alpha value is -1.09. The van der Waals surface area contributed by atoms with Crippen LogP contribution in [0.25, 0.3) is 0 Å². The predicted molar refractivity (Wildman–Crippen MR) is 51.7 cm³/mol. The third-order valence-electron chi connectivity index (χ3n) is 2.41. The molecule has 1 atom stereocenters. The maximum atomic E-state index is 9.48. The highest BCUT2D eigenvalue weighted by atomic mass is 16.3. The van der Waals surface area contributed by atoms with E-state index in [-0.39, 0.29) is 6.10 Å². The number of hydrogen-bond donors (Lipinski definition) is 1. The molecule has 1 saturated heterocycles. The van der Waals surface area contributed by atoms with Crippen LogP contribution in [-0.2, 0) is 0 Å². The van der Waals surface area contributed by atoms with E-state index in [0.717, 1.165) is 31.6 Å². The lowest BCUT2D eigenvalue weighted by Crippen LogP contribution is -2.38. The van der Waals surface area contributed by atoms with Crippen LogP contribution < -0.4 is 4.90 Å². The SMILES string of the molecule is OC1CCCN(c2cccnc2)C1. The summed E-state index contributed by atoms with van der Waals surface area (Å²) in [5.41, 5.74) is 1.11. The van der Waals surface area contributed by atoms with Crippen LogP contribution in [0.1, 0.15) is 12.8 Å². The summed E-state index contributed by atoms with van der Waals surface area (Å²) >= 11 is 0. The molecular weight excluding hydrogens is 164 g/mol. The molecule has 0 amide bonds. The van der Waals surface area contributed by atoms with Crippen LogP contribution >= 0.6 is 0 Å². The number of piperidine rings is 1. The molecule has 13 heavy (non-hydrogen) atoms. The van der Waals surface area contributed by atoms with Gasteiger partial charge in [0.05, 0.1) is 18.0 Å². The number of hydrogen-bond acceptors (Lipinski definition) is 3. The summed E-state index contributed by atoms with van der Waals surface area (Å²) in [4.78, 5) is 6.24. The van der Waals surface area contributed by atoms with E-state index in [9.17, 15) is 5.11 Å². The minimum atomic E-state index is -0.172. The second kappa shape index (κ2) is 3.75. The Kier molecular flexibility index (Phi) is 2.45. The fraction of sp³-hybridized carbons (Fsp3) is 0.500. The fourth-order valence-electron chi connectivity index (χ4n) is 1.73. The molecule has 0 aromatic carbocycles. The molecule has 1 unspecified atom stereocenters. The van der Waals surface area contributed by atoms with Gasteiger partial charge in [0, 0.05) is 19.3 Å². The lowest BCUT2D eigenvalue weighted by molar-refractivity contribution is 0.154. The minimum absolute atomic E-state index is 0.172. The number of aliphatic hydroxyl groups is 1. The van der Waals surface area contributed by atoms with E-state index in [2.05, 4.69) is 9.88 Å². The zero-order valence-corrected chi connectivity index (χ0v) is 7.56. The van der Waals surface area contributed by atoms with Crippen LogP contribution in [0.15, 0.2) is 24.5 Å². The van der Waals surface area contributed by atoms with Crippen molar-refractivity contribution >= 4 is 5.69 Å². The van der Waals surface area contributed by atoms with Crippen molar-refractivity contribution in [3.05, 3.63) is 24.5 Å². The van der Waals surface area contributed by atoms with Crippen molar-refractivity contribution in [2.24, 2.45) is 0 Å². The van der Waals surface area contributed by atoms with Crippen molar-refractivity contribution < 1.29 is 5.11 Å². The van der Waals surface area contributed by atoms with Gasteiger partial charge in [0.2, 0.25) is 0 Å². The molecule has 0 bridgehead atoms. The number of anilines is 1. The van der Waals surface area contributed by atoms with E-state index in [1.165, 1.54) is 0 Å². The minimum Gasteiger partial charge on any atom is -0.391 e. The van der Waals surface area contributed by atoms with Crippen LogP contribution in [0.3, 0.4) is 0 Å². The molecule has 2 rings (SSSR count). The molecule has 1 aliphatic heterocycles. The van der Waals surface area contributed by atoms with Gasteiger partial charge >= 0.3 is 0 Å². The Morgan fingerprint density at radius 3 is 3.15 bits per heavy atom. The molecule has 3 nitrogen and oxygen atoms in total. The van der Waals surface area contributed by atoms with Crippen LogP contribution in [0, 0.1) is 0 Å². The summed E-state index contributed by atoms with van der Waals surface area (Å²) < 4.78 is 0. The number of β-amino-alcohol motifs (C(OH)–C–C–N with tert-alkyl or cyclic N) is 1. The monoisotopic (exact) mass is 178 g/mol. The standard InChI is InChI=1S/C10H14N2O/c13-10-4-2-6-12(8-10)9-3-1-5-11-7-9/h1,3,5,7,10,13H,2,4,6,8H2. The normalized spacial score (nSPS) is 23.2. The lowest BCUT2D eigenvalue weighted by atomic mass is 10.1. The molecule has 2 heterocycles. The second-order valence-electron chi connectivity index (χ2n) is 3.45. The maximum Gasteiger partial charge on any atom is 0.0715 e. The topological polar surface area (TPSA) is 36.4 Å². The molecule has 0 radical (unpaired) electrons. The highest BCUT2D eigenvalue weighted by Crippen LogP contribution is 2.18. The van der Waals surface area contributed by atoms with Gasteiger partial charge in [-0.3, -0.25) is 4.98 Å². The summed E-state index contributed by atoms with van der Waals surface area (Å²) in [6.45, 7) is 1.77. The molecule has 0 saturated carbocycles. The Labute approximate surface area is 78.0 Å². The lowest BCUT2D eigenvalue weighted by Gasteiger charge is -2.31. The van der Waals surface area contributed by atoms with Gasteiger partial charge in [-0.2, -0.15) is 0 Å². The fourth-order valence-corrected chi connectivity index (χ4v) is 1.73. The van der Waals surface area contributed by atoms with Gasteiger partial charge in [-0.25, -0.2) is 0 Å². The van der Waals surface area contributed by atoms with E-state index in [1.54, 1.807) is 6.20 Å². The number of rotatable bonds is 1. The summed E-state index contributed by atoms with van der Waals surface area (Å²) in [7, 11) is 0. The number of pyridine rings is 1. The predicted octanol–water partition coefficient (Wildman–Crippen LogP) is 1.04. The van der Waals surface area contributed by atoms with Crippen molar-refractivity contribution in [3.8, 4) is 0 Å². The third-order valence-corrected chi connectivity index (χ3v) is 2.41. The third kappa shape index (κ3) is 1.98. The van der Waals surface area contributed by atoms with Gasteiger partial charge in [0.15, 0.2) is 0 Å². The summed E-state index contributed by atoms with van der Waals surface area (Å²) in [6, 6.07) is 3.96. The van der Waals surface area contributed by atoms with E-state index in [0.29, 0.717) is 0 Å². The average Bonchev–Trinajstić information content (AvgIpc) is 2.19.